The maximum Gasteiger partial charge on any atom is 0.330 e. The summed E-state index contributed by atoms with van der Waals surface area (Å²) < 4.78 is 4.47. The molecule has 0 fully saturated rings. The number of carbonyl (C=O) groups excluding carboxylic acids is 1. The Morgan fingerprint density at radius 2 is 2.15 bits per heavy atom. The van der Waals surface area contributed by atoms with Crippen LogP contribution in [0.2, 0.25) is 0 Å². The fourth-order valence-corrected chi connectivity index (χ4v) is 0.955. The Hall–Kier alpha value is -0.830. The minimum absolute atomic E-state index is 0.192. The highest BCUT2D eigenvalue weighted by Crippen LogP contribution is 2.15. The van der Waals surface area contributed by atoms with Crippen LogP contribution in [0, 0.1) is 11.8 Å². The van der Waals surface area contributed by atoms with E-state index in [9.17, 15) is 4.79 Å². The van der Waals surface area contributed by atoms with E-state index in [1.165, 1.54) is 13.2 Å². The molecule has 0 aromatic heterocycles. The molecule has 0 aliphatic heterocycles. The summed E-state index contributed by atoms with van der Waals surface area (Å²) in [5, 5.41) is 8.69. The van der Waals surface area contributed by atoms with Crippen LogP contribution in [0.1, 0.15) is 20.3 Å². The molecule has 3 heteroatoms. The van der Waals surface area contributed by atoms with Gasteiger partial charge in [-0.05, 0) is 18.3 Å². The van der Waals surface area contributed by atoms with Crippen LogP contribution >= 0.6 is 0 Å². The predicted molar refractivity (Wildman–Crippen MR) is 51.2 cm³/mol. The quantitative estimate of drug-likeness (QED) is 0.521. The van der Waals surface area contributed by atoms with E-state index in [1.807, 2.05) is 19.9 Å². The second-order valence-electron chi connectivity index (χ2n) is 3.23. The summed E-state index contributed by atoms with van der Waals surface area (Å²) in [6.45, 7) is 4.25. The molecule has 0 aliphatic rings. The van der Waals surface area contributed by atoms with Gasteiger partial charge in [0, 0.05) is 12.7 Å². The first-order valence-corrected chi connectivity index (χ1v) is 4.48. The fraction of sp³-hybridized carbons (Fsp3) is 0.700. The van der Waals surface area contributed by atoms with E-state index < -0.39 is 0 Å². The zero-order valence-corrected chi connectivity index (χ0v) is 8.49. The van der Waals surface area contributed by atoms with E-state index in [4.69, 9.17) is 5.11 Å². The number of ether oxygens (including phenoxy) is 1. The largest absolute Gasteiger partial charge is 0.466 e. The van der Waals surface area contributed by atoms with Gasteiger partial charge in [-0.2, -0.15) is 0 Å². The number of allylic oxidation sites excluding steroid dienone is 1. The third-order valence-electron chi connectivity index (χ3n) is 2.22. The van der Waals surface area contributed by atoms with Gasteiger partial charge in [-0.25, -0.2) is 4.79 Å². The van der Waals surface area contributed by atoms with Crippen LogP contribution in [0.5, 0.6) is 0 Å². The van der Waals surface area contributed by atoms with E-state index >= 15 is 0 Å². The number of rotatable bonds is 5. The number of hydrogen-bond donors (Lipinski definition) is 1. The highest BCUT2D eigenvalue weighted by atomic mass is 16.5. The van der Waals surface area contributed by atoms with Crippen molar-refractivity contribution in [3.63, 3.8) is 0 Å². The molecule has 0 saturated carbocycles. The molecule has 0 aromatic rings. The van der Waals surface area contributed by atoms with Crippen molar-refractivity contribution in [3.05, 3.63) is 12.2 Å². The summed E-state index contributed by atoms with van der Waals surface area (Å²) in [4.78, 5) is 10.7. The van der Waals surface area contributed by atoms with Crippen LogP contribution in [0.3, 0.4) is 0 Å². The summed E-state index contributed by atoms with van der Waals surface area (Å²) >= 11 is 0. The Labute approximate surface area is 79.4 Å². The van der Waals surface area contributed by atoms with Crippen molar-refractivity contribution >= 4 is 5.97 Å². The maximum atomic E-state index is 10.7. The lowest BCUT2D eigenvalue weighted by Gasteiger charge is -2.14. The minimum atomic E-state index is -0.331. The Morgan fingerprint density at radius 3 is 2.62 bits per heavy atom. The molecular weight excluding hydrogens is 168 g/mol. The highest BCUT2D eigenvalue weighted by molar-refractivity contribution is 5.81. The Balaban J connectivity index is 3.90. The lowest BCUT2D eigenvalue weighted by Crippen LogP contribution is -2.08. The molecule has 0 aromatic carbocycles. The molecule has 3 nitrogen and oxygen atoms in total. The second-order valence-corrected chi connectivity index (χ2v) is 3.23. The SMILES string of the molecule is COC(=O)/C=C/[C@@H](C)[C@H](C)CCO. The third kappa shape index (κ3) is 5.42. The van der Waals surface area contributed by atoms with Gasteiger partial charge in [0.1, 0.15) is 0 Å². The van der Waals surface area contributed by atoms with Crippen LogP contribution in [-0.4, -0.2) is 24.8 Å². The normalized spacial score (nSPS) is 15.7. The van der Waals surface area contributed by atoms with E-state index in [-0.39, 0.29) is 18.5 Å². The molecule has 76 valence electrons. The smallest absolute Gasteiger partial charge is 0.330 e. The van der Waals surface area contributed by atoms with Crippen molar-refractivity contribution in [1.82, 2.24) is 0 Å². The van der Waals surface area contributed by atoms with E-state index in [0.29, 0.717) is 5.92 Å². The van der Waals surface area contributed by atoms with Crippen molar-refractivity contribution < 1.29 is 14.6 Å². The van der Waals surface area contributed by atoms with Gasteiger partial charge < -0.3 is 9.84 Å². The number of aliphatic hydroxyl groups is 1. The van der Waals surface area contributed by atoms with Gasteiger partial charge in [-0.3, -0.25) is 0 Å². The molecule has 0 bridgehead atoms. The lowest BCUT2D eigenvalue weighted by molar-refractivity contribution is -0.134. The Kier molecular flexibility index (Phi) is 6.24. The van der Waals surface area contributed by atoms with Gasteiger partial charge in [-0.1, -0.05) is 19.9 Å². The molecule has 0 radical (unpaired) electrons. The van der Waals surface area contributed by atoms with Crippen LogP contribution in [-0.2, 0) is 9.53 Å². The van der Waals surface area contributed by atoms with Crippen LogP contribution in [0.15, 0.2) is 12.2 Å². The molecule has 0 unspecified atom stereocenters. The zero-order chi connectivity index (χ0) is 10.3. The average molecular weight is 186 g/mol. The number of hydrogen-bond acceptors (Lipinski definition) is 3. The van der Waals surface area contributed by atoms with E-state index in [0.717, 1.165) is 6.42 Å². The molecule has 0 saturated heterocycles. The standard InChI is InChI=1S/C10H18O3/c1-8(9(2)6-7-11)4-5-10(12)13-3/h4-5,8-9,11H,6-7H2,1-3H3/b5-4+/t8-,9-/m1/s1. The van der Waals surface area contributed by atoms with Crippen molar-refractivity contribution in [1.29, 1.82) is 0 Å². The molecule has 0 amide bonds. The average Bonchev–Trinajstić information content (AvgIpc) is 2.13. The molecule has 2 atom stereocenters. The van der Waals surface area contributed by atoms with Crippen molar-refractivity contribution in [3.8, 4) is 0 Å². The molecule has 0 rings (SSSR count). The van der Waals surface area contributed by atoms with Crippen molar-refractivity contribution in [2.75, 3.05) is 13.7 Å². The van der Waals surface area contributed by atoms with Gasteiger partial charge in [-0.15, -0.1) is 0 Å². The minimum Gasteiger partial charge on any atom is -0.466 e. The van der Waals surface area contributed by atoms with Crippen LogP contribution in [0.25, 0.3) is 0 Å². The van der Waals surface area contributed by atoms with Crippen LogP contribution in [0.4, 0.5) is 0 Å². The van der Waals surface area contributed by atoms with Crippen molar-refractivity contribution in [2.24, 2.45) is 11.8 Å². The third-order valence-corrected chi connectivity index (χ3v) is 2.22. The first kappa shape index (κ1) is 12.2. The first-order valence-electron chi connectivity index (χ1n) is 4.48. The summed E-state index contributed by atoms with van der Waals surface area (Å²) in [6.07, 6.45) is 4.00. The van der Waals surface area contributed by atoms with Crippen LogP contribution < -0.4 is 0 Å². The van der Waals surface area contributed by atoms with E-state index in [2.05, 4.69) is 4.74 Å². The molecule has 0 spiro atoms. The maximum absolute atomic E-state index is 10.7. The molecule has 0 aliphatic carbocycles. The predicted octanol–water partition coefficient (Wildman–Crippen LogP) is 1.37. The summed E-state index contributed by atoms with van der Waals surface area (Å²) in [6, 6.07) is 0. The topological polar surface area (TPSA) is 46.5 Å². The lowest BCUT2D eigenvalue weighted by atomic mass is 9.93. The number of carbonyl (C=O) groups is 1. The molecular formula is C10H18O3. The molecule has 0 heterocycles. The molecule has 1 N–H and O–H groups in total. The van der Waals surface area contributed by atoms with Gasteiger partial charge >= 0.3 is 5.97 Å². The van der Waals surface area contributed by atoms with Crippen molar-refractivity contribution in [2.45, 2.75) is 20.3 Å². The number of aliphatic hydroxyl groups excluding tert-OH is 1. The first-order chi connectivity index (χ1) is 6.11. The monoisotopic (exact) mass is 186 g/mol. The fourth-order valence-electron chi connectivity index (χ4n) is 0.955. The second kappa shape index (κ2) is 6.66. The zero-order valence-electron chi connectivity index (χ0n) is 8.49. The Bertz CT molecular complexity index is 175. The summed E-state index contributed by atoms with van der Waals surface area (Å²) in [5.74, 6) is 0.334. The number of methoxy groups -OCH3 is 1. The summed E-state index contributed by atoms with van der Waals surface area (Å²) in [5.41, 5.74) is 0. The highest BCUT2D eigenvalue weighted by Gasteiger charge is 2.08. The van der Waals surface area contributed by atoms with Gasteiger partial charge in [0.25, 0.3) is 0 Å². The molecule has 13 heavy (non-hydrogen) atoms. The van der Waals surface area contributed by atoms with E-state index in [1.54, 1.807) is 0 Å². The van der Waals surface area contributed by atoms with Gasteiger partial charge in [0.05, 0.1) is 7.11 Å². The van der Waals surface area contributed by atoms with Gasteiger partial charge in [0.15, 0.2) is 0 Å². The van der Waals surface area contributed by atoms with Gasteiger partial charge in [0.2, 0.25) is 0 Å². The Morgan fingerprint density at radius 1 is 1.54 bits per heavy atom. The number of esters is 1. The summed E-state index contributed by atoms with van der Waals surface area (Å²) in [7, 11) is 1.36.